The van der Waals surface area contributed by atoms with E-state index in [9.17, 15) is 4.79 Å². The third kappa shape index (κ3) is 1.88. The molecule has 0 aliphatic carbocycles. The number of hydrogen-bond acceptors (Lipinski definition) is 3. The fraction of sp³-hybridized carbons (Fsp3) is 0.417. The molecule has 0 aromatic heterocycles. The van der Waals surface area contributed by atoms with Crippen molar-refractivity contribution in [2.24, 2.45) is 5.73 Å². The zero-order valence-corrected chi connectivity index (χ0v) is 9.44. The summed E-state index contributed by atoms with van der Waals surface area (Å²) in [5.41, 5.74) is 7.53. The molecule has 3 N–H and O–H groups in total. The van der Waals surface area contributed by atoms with Gasteiger partial charge in [-0.05, 0) is 32.0 Å². The summed E-state index contributed by atoms with van der Waals surface area (Å²) in [6, 6.07) is 8.02. The molecule has 0 radical (unpaired) electrons. The number of benzene rings is 1. The molecule has 1 aromatic carbocycles. The van der Waals surface area contributed by atoms with Crippen molar-refractivity contribution in [2.75, 3.05) is 23.3 Å². The fourth-order valence-corrected chi connectivity index (χ4v) is 2.08. The lowest BCUT2D eigenvalue weighted by Gasteiger charge is -2.34. The molecule has 0 saturated carbocycles. The summed E-state index contributed by atoms with van der Waals surface area (Å²) in [5.74, 6) is 0.111. The summed E-state index contributed by atoms with van der Waals surface area (Å²) in [4.78, 5) is 13.7. The van der Waals surface area contributed by atoms with Crippen LogP contribution in [0.1, 0.15) is 13.3 Å². The Bertz CT molecular complexity index is 392. The van der Waals surface area contributed by atoms with Crippen LogP contribution in [0, 0.1) is 0 Å². The van der Waals surface area contributed by atoms with Gasteiger partial charge >= 0.3 is 0 Å². The lowest BCUT2D eigenvalue weighted by atomic mass is 10.1. The maximum absolute atomic E-state index is 11.9. The Balaban J connectivity index is 2.33. The van der Waals surface area contributed by atoms with Gasteiger partial charge in [-0.3, -0.25) is 4.79 Å². The Labute approximate surface area is 95.4 Å². The Morgan fingerprint density at radius 2 is 2.25 bits per heavy atom. The molecular formula is C12H17N3O. The van der Waals surface area contributed by atoms with Crippen LogP contribution >= 0.6 is 0 Å². The van der Waals surface area contributed by atoms with Gasteiger partial charge in [0.15, 0.2) is 0 Å². The molecule has 1 aliphatic rings. The van der Waals surface area contributed by atoms with Gasteiger partial charge in [0.1, 0.15) is 0 Å². The quantitative estimate of drug-likeness (QED) is 0.802. The minimum Gasteiger partial charge on any atom is -0.374 e. The van der Waals surface area contributed by atoms with E-state index in [0.29, 0.717) is 13.1 Å². The second-order valence-corrected chi connectivity index (χ2v) is 4.06. The van der Waals surface area contributed by atoms with Crippen LogP contribution in [-0.4, -0.2) is 25.0 Å². The first kappa shape index (κ1) is 11.0. The minimum atomic E-state index is 0.111. The molecule has 1 unspecified atom stereocenters. The highest BCUT2D eigenvalue weighted by Crippen LogP contribution is 2.30. The van der Waals surface area contributed by atoms with E-state index in [1.807, 2.05) is 36.1 Å². The zero-order chi connectivity index (χ0) is 11.5. The van der Waals surface area contributed by atoms with Gasteiger partial charge in [-0.2, -0.15) is 0 Å². The Kier molecular flexibility index (Phi) is 3.10. The number of nitrogens with two attached hydrogens (primary N) is 1. The number of anilines is 2. The highest BCUT2D eigenvalue weighted by molar-refractivity contribution is 6.03. The molecule has 1 aliphatic heterocycles. The van der Waals surface area contributed by atoms with Crippen LogP contribution < -0.4 is 16.0 Å². The van der Waals surface area contributed by atoms with Crippen molar-refractivity contribution in [3.05, 3.63) is 24.3 Å². The SMILES string of the molecule is CC(CCN)N1C(=O)CNc2ccccc21. The van der Waals surface area contributed by atoms with Crippen molar-refractivity contribution in [2.45, 2.75) is 19.4 Å². The topological polar surface area (TPSA) is 58.4 Å². The van der Waals surface area contributed by atoms with Gasteiger partial charge in [0.25, 0.3) is 0 Å². The minimum absolute atomic E-state index is 0.111. The van der Waals surface area contributed by atoms with Crippen molar-refractivity contribution in [3.8, 4) is 0 Å². The van der Waals surface area contributed by atoms with Crippen molar-refractivity contribution in [1.29, 1.82) is 0 Å². The molecule has 2 rings (SSSR count). The molecule has 1 atom stereocenters. The number of nitrogens with zero attached hydrogens (tertiary/aromatic N) is 1. The monoisotopic (exact) mass is 219 g/mol. The molecule has 86 valence electrons. The van der Waals surface area contributed by atoms with Gasteiger partial charge in [0.05, 0.1) is 17.9 Å². The Hall–Kier alpha value is -1.55. The Morgan fingerprint density at radius 1 is 1.50 bits per heavy atom. The van der Waals surface area contributed by atoms with Gasteiger partial charge in [-0.25, -0.2) is 0 Å². The zero-order valence-electron chi connectivity index (χ0n) is 9.44. The summed E-state index contributed by atoms with van der Waals surface area (Å²) in [5, 5.41) is 3.12. The fourth-order valence-electron chi connectivity index (χ4n) is 2.08. The lowest BCUT2D eigenvalue weighted by molar-refractivity contribution is -0.117. The largest absolute Gasteiger partial charge is 0.374 e. The second kappa shape index (κ2) is 4.53. The van der Waals surface area contributed by atoms with Crippen LogP contribution in [0.15, 0.2) is 24.3 Å². The third-order valence-corrected chi connectivity index (χ3v) is 2.89. The van der Waals surface area contributed by atoms with E-state index in [0.717, 1.165) is 17.8 Å². The standard InChI is InChI=1S/C12H17N3O/c1-9(6-7-13)15-11-5-3-2-4-10(11)14-8-12(15)16/h2-5,9,14H,6-8,13H2,1H3. The highest BCUT2D eigenvalue weighted by atomic mass is 16.2. The number of hydrogen-bond donors (Lipinski definition) is 2. The summed E-state index contributed by atoms with van der Waals surface area (Å²) >= 11 is 0. The molecule has 4 nitrogen and oxygen atoms in total. The summed E-state index contributed by atoms with van der Waals surface area (Å²) in [7, 11) is 0. The van der Waals surface area contributed by atoms with Gasteiger partial charge in [-0.15, -0.1) is 0 Å². The van der Waals surface area contributed by atoms with E-state index in [2.05, 4.69) is 5.32 Å². The second-order valence-electron chi connectivity index (χ2n) is 4.06. The van der Waals surface area contributed by atoms with Crippen molar-refractivity contribution < 1.29 is 4.79 Å². The maximum Gasteiger partial charge on any atom is 0.246 e. The maximum atomic E-state index is 11.9. The van der Waals surface area contributed by atoms with E-state index < -0.39 is 0 Å². The predicted octanol–water partition coefficient (Wildman–Crippen LogP) is 1.18. The van der Waals surface area contributed by atoms with Crippen molar-refractivity contribution in [3.63, 3.8) is 0 Å². The van der Waals surface area contributed by atoms with E-state index in [1.54, 1.807) is 0 Å². The molecular weight excluding hydrogens is 202 g/mol. The average molecular weight is 219 g/mol. The molecule has 0 fully saturated rings. The first-order valence-corrected chi connectivity index (χ1v) is 5.59. The summed E-state index contributed by atoms with van der Waals surface area (Å²) in [6.45, 7) is 3.00. The molecule has 0 saturated heterocycles. The number of para-hydroxylation sites is 2. The summed E-state index contributed by atoms with van der Waals surface area (Å²) in [6.07, 6.45) is 0.820. The third-order valence-electron chi connectivity index (χ3n) is 2.89. The molecule has 1 amide bonds. The predicted molar refractivity (Wildman–Crippen MR) is 65.6 cm³/mol. The number of rotatable bonds is 3. The van der Waals surface area contributed by atoms with Gasteiger partial charge in [0, 0.05) is 6.04 Å². The molecule has 16 heavy (non-hydrogen) atoms. The number of amides is 1. The van der Waals surface area contributed by atoms with E-state index in [1.165, 1.54) is 0 Å². The number of fused-ring (bicyclic) bond motifs is 1. The van der Waals surface area contributed by atoms with Crippen LogP contribution in [0.3, 0.4) is 0 Å². The van der Waals surface area contributed by atoms with Crippen LogP contribution in [0.4, 0.5) is 11.4 Å². The number of carbonyl (C=O) groups excluding carboxylic acids is 1. The molecule has 1 heterocycles. The van der Waals surface area contributed by atoms with Crippen molar-refractivity contribution in [1.82, 2.24) is 0 Å². The van der Waals surface area contributed by atoms with E-state index in [4.69, 9.17) is 5.73 Å². The first-order valence-electron chi connectivity index (χ1n) is 5.59. The molecule has 4 heteroatoms. The van der Waals surface area contributed by atoms with E-state index in [-0.39, 0.29) is 11.9 Å². The molecule has 0 bridgehead atoms. The normalized spacial score (nSPS) is 16.6. The number of carbonyl (C=O) groups is 1. The molecule has 0 spiro atoms. The lowest BCUT2D eigenvalue weighted by Crippen LogP contribution is -2.45. The molecule has 1 aromatic rings. The van der Waals surface area contributed by atoms with Crippen LogP contribution in [0.5, 0.6) is 0 Å². The van der Waals surface area contributed by atoms with Gasteiger partial charge < -0.3 is 16.0 Å². The highest BCUT2D eigenvalue weighted by Gasteiger charge is 2.26. The number of nitrogens with one attached hydrogen (secondary N) is 1. The first-order chi connectivity index (χ1) is 7.74. The average Bonchev–Trinajstić information content (AvgIpc) is 2.29. The van der Waals surface area contributed by atoms with Crippen LogP contribution in [0.25, 0.3) is 0 Å². The van der Waals surface area contributed by atoms with Crippen LogP contribution in [-0.2, 0) is 4.79 Å². The van der Waals surface area contributed by atoms with Crippen LogP contribution in [0.2, 0.25) is 0 Å². The smallest absolute Gasteiger partial charge is 0.246 e. The van der Waals surface area contributed by atoms with Gasteiger partial charge in [0.2, 0.25) is 5.91 Å². The van der Waals surface area contributed by atoms with Crippen molar-refractivity contribution >= 4 is 17.3 Å². The Morgan fingerprint density at radius 3 is 3.00 bits per heavy atom. The van der Waals surface area contributed by atoms with Gasteiger partial charge in [-0.1, -0.05) is 12.1 Å². The summed E-state index contributed by atoms with van der Waals surface area (Å²) < 4.78 is 0. The van der Waals surface area contributed by atoms with E-state index >= 15 is 0 Å².